The minimum atomic E-state index is -0.799. The van der Waals surface area contributed by atoms with Gasteiger partial charge in [-0.15, -0.1) is 0 Å². The van der Waals surface area contributed by atoms with E-state index < -0.39 is 12.1 Å². The Morgan fingerprint density at radius 3 is 1.81 bits per heavy atom. The van der Waals surface area contributed by atoms with E-state index in [9.17, 15) is 14.4 Å². The third kappa shape index (κ3) is 15.0. The van der Waals surface area contributed by atoms with Crippen LogP contribution in [0.4, 0.5) is 0 Å². The fraction of sp³-hybridized carbons (Fsp3) is 0.762. The fourth-order valence-electron chi connectivity index (χ4n) is 2.30. The van der Waals surface area contributed by atoms with E-state index in [1.54, 1.807) is 0 Å². The van der Waals surface area contributed by atoms with Crippen LogP contribution in [0.5, 0.6) is 0 Å². The summed E-state index contributed by atoms with van der Waals surface area (Å²) in [6.45, 7) is 8.97. The number of unbranched alkanes of at least 4 members (excludes halogenated alkanes) is 6. The maximum absolute atomic E-state index is 12.0. The smallest absolute Gasteiger partial charge is 0.333 e. The summed E-state index contributed by atoms with van der Waals surface area (Å²) in [4.78, 5) is 35.3. The molecule has 0 amide bonds. The van der Waals surface area contributed by atoms with Gasteiger partial charge in [0.05, 0.1) is 0 Å². The number of esters is 3. The van der Waals surface area contributed by atoms with E-state index in [0.29, 0.717) is 12.8 Å². The van der Waals surface area contributed by atoms with Crippen LogP contribution in [-0.4, -0.2) is 37.2 Å². The Hall–Kier alpha value is -1.85. The summed E-state index contributed by atoms with van der Waals surface area (Å²) in [6.07, 6.45) is 7.66. The molecule has 0 saturated carbocycles. The summed E-state index contributed by atoms with van der Waals surface area (Å²) in [7, 11) is 0. The first-order chi connectivity index (χ1) is 12.9. The summed E-state index contributed by atoms with van der Waals surface area (Å²) in [6, 6.07) is 0. The molecule has 0 aromatic carbocycles. The summed E-state index contributed by atoms with van der Waals surface area (Å²) < 4.78 is 15.6. The van der Waals surface area contributed by atoms with Crippen molar-refractivity contribution in [3.63, 3.8) is 0 Å². The first-order valence-corrected chi connectivity index (χ1v) is 10.1. The minimum absolute atomic E-state index is 0.114. The minimum Gasteiger partial charge on any atom is -0.462 e. The van der Waals surface area contributed by atoms with Gasteiger partial charge in [0.1, 0.15) is 13.2 Å². The van der Waals surface area contributed by atoms with Crippen molar-refractivity contribution in [1.82, 2.24) is 0 Å². The molecule has 0 radical (unpaired) electrons. The molecule has 0 spiro atoms. The van der Waals surface area contributed by atoms with Crippen molar-refractivity contribution >= 4 is 17.9 Å². The Bertz CT molecular complexity index is 458. The van der Waals surface area contributed by atoms with Crippen molar-refractivity contribution in [2.45, 2.75) is 91.1 Å². The van der Waals surface area contributed by atoms with Crippen LogP contribution >= 0.6 is 0 Å². The third-order valence-corrected chi connectivity index (χ3v) is 3.95. The van der Waals surface area contributed by atoms with Crippen molar-refractivity contribution in [2.24, 2.45) is 0 Å². The molecule has 0 bridgehead atoms. The molecule has 0 saturated heterocycles. The van der Waals surface area contributed by atoms with E-state index in [1.807, 2.05) is 0 Å². The van der Waals surface area contributed by atoms with Gasteiger partial charge in [0, 0.05) is 18.4 Å². The van der Waals surface area contributed by atoms with Gasteiger partial charge in [0.2, 0.25) is 0 Å². The summed E-state index contributed by atoms with van der Waals surface area (Å²) in [5.41, 5.74) is 0.257. The maximum Gasteiger partial charge on any atom is 0.333 e. The highest BCUT2D eigenvalue weighted by Gasteiger charge is 2.19. The largest absolute Gasteiger partial charge is 0.462 e. The first-order valence-electron chi connectivity index (χ1n) is 10.1. The number of carbonyl (C=O) groups is 3. The lowest BCUT2D eigenvalue weighted by molar-refractivity contribution is -0.165. The number of ether oxygens (including phenoxy) is 3. The van der Waals surface area contributed by atoms with Crippen molar-refractivity contribution in [3.8, 4) is 0 Å². The highest BCUT2D eigenvalue weighted by molar-refractivity contribution is 5.86. The summed E-state index contributed by atoms with van der Waals surface area (Å²) in [5, 5.41) is 0. The molecule has 6 nitrogen and oxygen atoms in total. The normalized spacial score (nSPS) is 11.5. The van der Waals surface area contributed by atoms with Gasteiger partial charge in [0.25, 0.3) is 0 Å². The van der Waals surface area contributed by atoms with Crippen LogP contribution in [0, 0.1) is 0 Å². The molecule has 6 heteroatoms. The number of hydrogen-bond donors (Lipinski definition) is 0. The van der Waals surface area contributed by atoms with Gasteiger partial charge in [-0.05, 0) is 19.8 Å². The number of rotatable bonds is 16. The summed E-state index contributed by atoms with van der Waals surface area (Å²) in [5.74, 6) is -1.27. The molecule has 0 aromatic rings. The predicted molar refractivity (Wildman–Crippen MR) is 104 cm³/mol. The van der Waals surface area contributed by atoms with Gasteiger partial charge in [-0.2, -0.15) is 0 Å². The van der Waals surface area contributed by atoms with Gasteiger partial charge in [0.15, 0.2) is 6.10 Å². The molecule has 156 valence electrons. The van der Waals surface area contributed by atoms with Gasteiger partial charge < -0.3 is 14.2 Å². The number of hydrogen-bond acceptors (Lipinski definition) is 6. The zero-order chi connectivity index (χ0) is 20.5. The molecule has 0 aliphatic carbocycles. The molecule has 0 aromatic heterocycles. The molecule has 1 atom stereocenters. The lowest BCUT2D eigenvalue weighted by Gasteiger charge is -2.18. The van der Waals surface area contributed by atoms with E-state index in [2.05, 4.69) is 20.4 Å². The van der Waals surface area contributed by atoms with E-state index in [4.69, 9.17) is 14.2 Å². The lowest BCUT2D eigenvalue weighted by atomic mass is 10.1. The SMILES string of the molecule is C=C(C)C(=O)OCC(COC(=O)CCCCCC)OC(=O)CCCCCC. The fourth-order valence-corrected chi connectivity index (χ4v) is 2.30. The average molecular weight is 385 g/mol. The second-order valence-corrected chi connectivity index (χ2v) is 6.79. The lowest BCUT2D eigenvalue weighted by Crippen LogP contribution is -2.31. The van der Waals surface area contributed by atoms with Crippen molar-refractivity contribution in [2.75, 3.05) is 13.2 Å². The van der Waals surface area contributed by atoms with E-state index >= 15 is 0 Å². The first kappa shape index (κ1) is 25.1. The van der Waals surface area contributed by atoms with Crippen molar-refractivity contribution in [3.05, 3.63) is 12.2 Å². The molecule has 0 heterocycles. The zero-order valence-corrected chi connectivity index (χ0v) is 17.2. The van der Waals surface area contributed by atoms with Crippen LogP contribution in [0.25, 0.3) is 0 Å². The van der Waals surface area contributed by atoms with Gasteiger partial charge >= 0.3 is 17.9 Å². The van der Waals surface area contributed by atoms with Crippen LogP contribution in [0.3, 0.4) is 0 Å². The molecular weight excluding hydrogens is 348 g/mol. The summed E-state index contributed by atoms with van der Waals surface area (Å²) >= 11 is 0. The standard InChI is InChI=1S/C21H36O6/c1-5-7-9-11-13-19(22)25-15-18(16-26-21(24)17(3)4)27-20(23)14-12-10-8-6-2/h18H,3,5-16H2,1-2,4H3. The van der Waals surface area contributed by atoms with E-state index in [-0.39, 0.29) is 30.7 Å². The zero-order valence-electron chi connectivity index (χ0n) is 17.2. The van der Waals surface area contributed by atoms with Gasteiger partial charge in [-0.25, -0.2) is 4.79 Å². The molecule has 1 unspecified atom stereocenters. The molecule has 0 fully saturated rings. The quantitative estimate of drug-likeness (QED) is 0.169. The van der Waals surface area contributed by atoms with Crippen LogP contribution in [0.2, 0.25) is 0 Å². The van der Waals surface area contributed by atoms with Crippen LogP contribution in [0.15, 0.2) is 12.2 Å². The van der Waals surface area contributed by atoms with Crippen molar-refractivity contribution < 1.29 is 28.6 Å². The Morgan fingerprint density at radius 2 is 1.30 bits per heavy atom. The van der Waals surface area contributed by atoms with Gasteiger partial charge in [-0.1, -0.05) is 59.0 Å². The Balaban J connectivity index is 4.37. The topological polar surface area (TPSA) is 78.9 Å². The molecule has 0 aliphatic rings. The number of carbonyl (C=O) groups excluding carboxylic acids is 3. The van der Waals surface area contributed by atoms with Crippen LogP contribution in [-0.2, 0) is 28.6 Å². The third-order valence-electron chi connectivity index (χ3n) is 3.95. The molecule has 0 N–H and O–H groups in total. The highest BCUT2D eigenvalue weighted by atomic mass is 16.6. The van der Waals surface area contributed by atoms with Crippen molar-refractivity contribution in [1.29, 1.82) is 0 Å². The second kappa shape index (κ2) is 16.3. The Kier molecular flexibility index (Phi) is 15.2. The van der Waals surface area contributed by atoms with Crippen LogP contribution in [0.1, 0.15) is 85.0 Å². The van der Waals surface area contributed by atoms with Gasteiger partial charge in [-0.3, -0.25) is 9.59 Å². The second-order valence-electron chi connectivity index (χ2n) is 6.79. The molecule has 0 aliphatic heterocycles. The van der Waals surface area contributed by atoms with E-state index in [0.717, 1.165) is 51.4 Å². The monoisotopic (exact) mass is 384 g/mol. The molecular formula is C21H36O6. The Labute approximate surface area is 163 Å². The molecule has 0 rings (SSSR count). The average Bonchev–Trinajstić information content (AvgIpc) is 2.64. The maximum atomic E-state index is 12.0. The molecule has 27 heavy (non-hydrogen) atoms. The predicted octanol–water partition coefficient (Wildman–Crippen LogP) is 4.50. The van der Waals surface area contributed by atoms with Crippen LogP contribution < -0.4 is 0 Å². The van der Waals surface area contributed by atoms with E-state index in [1.165, 1.54) is 6.92 Å². The Morgan fingerprint density at radius 1 is 0.778 bits per heavy atom. The highest BCUT2D eigenvalue weighted by Crippen LogP contribution is 2.08.